The number of nitrogens with zero attached hydrogens (tertiary/aromatic N) is 5. The van der Waals surface area contributed by atoms with Crippen molar-refractivity contribution in [2.75, 3.05) is 10.2 Å². The average molecular weight is 740 g/mol. The van der Waals surface area contributed by atoms with Crippen molar-refractivity contribution in [2.45, 2.75) is 72.6 Å². The Hall–Kier alpha value is -5.39. The Morgan fingerprint density at radius 3 is 2.42 bits per heavy atom. The van der Waals surface area contributed by atoms with E-state index >= 15 is 0 Å². The van der Waals surface area contributed by atoms with Crippen LogP contribution < -0.4 is 15.5 Å². The predicted molar refractivity (Wildman–Crippen MR) is 215 cm³/mol. The molecule has 0 saturated carbocycles. The van der Waals surface area contributed by atoms with E-state index in [1.165, 1.54) is 10.4 Å². The van der Waals surface area contributed by atoms with E-state index in [1.54, 1.807) is 22.7 Å². The Labute approximate surface area is 317 Å². The van der Waals surface area contributed by atoms with Gasteiger partial charge in [0.2, 0.25) is 5.91 Å². The first-order valence-electron chi connectivity index (χ1n) is 18.0. The van der Waals surface area contributed by atoms with Gasteiger partial charge < -0.3 is 15.5 Å². The molecular weight excluding hydrogens is 699 g/mol. The van der Waals surface area contributed by atoms with Crippen LogP contribution in [0, 0.1) is 20.8 Å². The van der Waals surface area contributed by atoms with E-state index in [1.807, 2.05) is 61.2 Å². The number of para-hydroxylation sites is 1. The van der Waals surface area contributed by atoms with Gasteiger partial charge in [-0.1, -0.05) is 49.4 Å². The Balaban J connectivity index is 0.907. The van der Waals surface area contributed by atoms with E-state index in [0.29, 0.717) is 25.1 Å². The zero-order valence-electron chi connectivity index (χ0n) is 30.4. The van der Waals surface area contributed by atoms with Gasteiger partial charge in [-0.05, 0) is 93.3 Å². The van der Waals surface area contributed by atoms with Crippen LogP contribution in [-0.2, 0) is 17.9 Å². The fourth-order valence-corrected chi connectivity index (χ4v) is 9.57. The summed E-state index contributed by atoms with van der Waals surface area (Å²) in [7, 11) is 0. The normalized spacial score (nSPS) is 16.2. The minimum atomic E-state index is -0.114. The molecule has 0 bridgehead atoms. The number of thiophene rings is 2. The average Bonchev–Trinajstić information content (AvgIpc) is 3.85. The molecular formula is C42H41N7O2S2. The number of rotatable bonds is 8. The van der Waals surface area contributed by atoms with Crippen molar-refractivity contribution in [3.63, 3.8) is 0 Å². The van der Waals surface area contributed by atoms with Gasteiger partial charge in [-0.15, -0.1) is 32.9 Å². The van der Waals surface area contributed by atoms with Gasteiger partial charge >= 0.3 is 0 Å². The quantitative estimate of drug-likeness (QED) is 0.162. The summed E-state index contributed by atoms with van der Waals surface area (Å²) >= 11 is 3.45. The van der Waals surface area contributed by atoms with Gasteiger partial charge in [0.1, 0.15) is 17.4 Å². The minimum absolute atomic E-state index is 0.0620. The van der Waals surface area contributed by atoms with E-state index in [4.69, 9.17) is 4.99 Å². The molecule has 0 aliphatic carbocycles. The number of hydrogen-bond donors (Lipinski definition) is 2. The highest BCUT2D eigenvalue weighted by Gasteiger charge is 2.33. The Morgan fingerprint density at radius 1 is 0.887 bits per heavy atom. The van der Waals surface area contributed by atoms with Gasteiger partial charge in [-0.25, -0.2) is 0 Å². The van der Waals surface area contributed by atoms with E-state index in [9.17, 15) is 9.59 Å². The third-order valence-corrected chi connectivity index (χ3v) is 12.6. The van der Waals surface area contributed by atoms with Crippen LogP contribution in [0.5, 0.6) is 0 Å². The lowest BCUT2D eigenvalue weighted by atomic mass is 9.91. The molecule has 268 valence electrons. The van der Waals surface area contributed by atoms with Crippen molar-refractivity contribution in [2.24, 2.45) is 4.99 Å². The molecule has 2 atom stereocenters. The van der Waals surface area contributed by atoms with Crippen molar-refractivity contribution < 1.29 is 9.59 Å². The lowest BCUT2D eigenvalue weighted by Gasteiger charge is -2.40. The summed E-state index contributed by atoms with van der Waals surface area (Å²) in [6.07, 6.45) is 1.27. The van der Waals surface area contributed by atoms with E-state index in [2.05, 4.69) is 88.6 Å². The first kappa shape index (κ1) is 34.7. The molecule has 3 aromatic carbocycles. The molecule has 0 radical (unpaired) electrons. The van der Waals surface area contributed by atoms with E-state index in [0.717, 1.165) is 72.2 Å². The lowest BCUT2D eigenvalue weighted by Crippen LogP contribution is -2.44. The lowest BCUT2D eigenvalue weighted by molar-refractivity contribution is -0.118. The third kappa shape index (κ3) is 6.48. The zero-order chi connectivity index (χ0) is 36.8. The fourth-order valence-electron chi connectivity index (χ4n) is 7.39. The van der Waals surface area contributed by atoms with Crippen molar-refractivity contribution >= 4 is 51.6 Å². The topological polar surface area (TPSA) is 105 Å². The smallest absolute Gasteiger partial charge is 0.251 e. The number of anilines is 2. The van der Waals surface area contributed by atoms with E-state index in [-0.39, 0.29) is 23.9 Å². The molecule has 0 saturated heterocycles. The summed E-state index contributed by atoms with van der Waals surface area (Å²) < 4.78 is 2.15. The van der Waals surface area contributed by atoms with E-state index < -0.39 is 0 Å². The maximum atomic E-state index is 13.1. The van der Waals surface area contributed by atoms with Gasteiger partial charge in [-0.3, -0.25) is 19.1 Å². The SMILES string of the molecule is CCC(=O)N1c2ccccc2[C@H](Nc2ccc(C(=O)NCc3ccc(-c4ccc(C5=NCc6nnc(C)n6-c6sc(C)c(C)c65)cc4)s3)cc2)C[C@@H]1C. The summed E-state index contributed by atoms with van der Waals surface area (Å²) in [6, 6.07) is 28.7. The molecule has 2 aliphatic rings. The van der Waals surface area contributed by atoms with Crippen molar-refractivity contribution in [3.8, 4) is 15.4 Å². The van der Waals surface area contributed by atoms with Crippen LogP contribution in [0.1, 0.15) is 86.7 Å². The van der Waals surface area contributed by atoms with Crippen LogP contribution in [0.15, 0.2) is 89.9 Å². The maximum Gasteiger partial charge on any atom is 0.251 e. The van der Waals surface area contributed by atoms with Crippen LogP contribution in [0.2, 0.25) is 0 Å². The molecule has 0 fully saturated rings. The van der Waals surface area contributed by atoms with Crippen molar-refractivity contribution in [1.82, 2.24) is 20.1 Å². The fraction of sp³-hybridized carbons (Fsp3) is 0.262. The summed E-state index contributed by atoms with van der Waals surface area (Å²) in [5.74, 6) is 1.76. The summed E-state index contributed by atoms with van der Waals surface area (Å²) in [6.45, 7) is 11.3. The molecule has 9 nitrogen and oxygen atoms in total. The number of nitrogens with one attached hydrogen (secondary N) is 2. The van der Waals surface area contributed by atoms with Gasteiger partial charge in [-0.2, -0.15) is 0 Å². The van der Waals surface area contributed by atoms with Crippen LogP contribution in [0.25, 0.3) is 15.4 Å². The molecule has 2 aliphatic heterocycles. The number of carbonyl (C=O) groups excluding carboxylic acids is 2. The minimum Gasteiger partial charge on any atom is -0.378 e. The second-order valence-electron chi connectivity index (χ2n) is 13.7. The van der Waals surface area contributed by atoms with Gasteiger partial charge in [0.15, 0.2) is 5.82 Å². The molecule has 0 unspecified atom stereocenters. The van der Waals surface area contributed by atoms with Crippen LogP contribution >= 0.6 is 22.7 Å². The predicted octanol–water partition coefficient (Wildman–Crippen LogP) is 8.95. The number of fused-ring (bicyclic) bond motifs is 4. The molecule has 53 heavy (non-hydrogen) atoms. The first-order valence-corrected chi connectivity index (χ1v) is 19.6. The number of aromatic nitrogens is 3. The highest BCUT2D eigenvalue weighted by molar-refractivity contribution is 7.15. The standard InChI is InChI=1S/C42H41N7O2S2/c1-6-38(50)48-24(2)21-34(33-9-7-8-10-35(33)48)45-31-17-15-30(16-18-31)41(51)44-22-32-19-20-36(53-32)28-11-13-29(14-12-28)40-39-25(3)26(4)52-42(39)49-27(5)46-47-37(49)23-43-40/h7-20,24,34,45H,6,21-23H2,1-5H3,(H,44,51)/t24-,34+/m0/s1. The number of benzene rings is 3. The monoisotopic (exact) mass is 739 g/mol. The Morgan fingerprint density at radius 2 is 1.64 bits per heavy atom. The molecule has 11 heteroatoms. The highest BCUT2D eigenvalue weighted by atomic mass is 32.1. The second kappa shape index (κ2) is 14.2. The second-order valence-corrected chi connectivity index (χ2v) is 16.1. The van der Waals surface area contributed by atoms with Crippen LogP contribution in [0.3, 0.4) is 0 Å². The number of carbonyl (C=O) groups is 2. The molecule has 3 aromatic heterocycles. The van der Waals surface area contributed by atoms with Crippen molar-refractivity contribution in [3.05, 3.63) is 134 Å². The molecule has 5 heterocycles. The van der Waals surface area contributed by atoms with Crippen LogP contribution in [-0.4, -0.2) is 38.3 Å². The number of amides is 2. The Bertz CT molecular complexity index is 2370. The third-order valence-electron chi connectivity index (χ3n) is 10.3. The first-order chi connectivity index (χ1) is 25.7. The molecule has 0 spiro atoms. The maximum absolute atomic E-state index is 13.1. The molecule has 2 N–H and O–H groups in total. The summed E-state index contributed by atoms with van der Waals surface area (Å²) in [5, 5.41) is 16.6. The van der Waals surface area contributed by atoms with Crippen LogP contribution in [0.4, 0.5) is 11.4 Å². The molecule has 8 rings (SSSR count). The zero-order valence-corrected chi connectivity index (χ0v) is 32.1. The number of aryl methyl sites for hydroxylation is 2. The highest BCUT2D eigenvalue weighted by Crippen LogP contribution is 2.40. The van der Waals surface area contributed by atoms with Crippen molar-refractivity contribution in [1.29, 1.82) is 0 Å². The van der Waals surface area contributed by atoms with Gasteiger partial charge in [0, 0.05) is 55.2 Å². The van der Waals surface area contributed by atoms with Gasteiger partial charge in [0.05, 0.1) is 18.3 Å². The number of aliphatic imine (C=N–C) groups is 1. The number of hydrogen-bond acceptors (Lipinski definition) is 8. The summed E-state index contributed by atoms with van der Waals surface area (Å²) in [4.78, 5) is 36.3. The largest absolute Gasteiger partial charge is 0.378 e. The summed E-state index contributed by atoms with van der Waals surface area (Å²) in [5.41, 5.74) is 9.20. The van der Waals surface area contributed by atoms with Gasteiger partial charge in [0.25, 0.3) is 5.91 Å². The molecule has 2 amide bonds. The Kier molecular flexibility index (Phi) is 9.30. The molecule has 6 aromatic rings.